The summed E-state index contributed by atoms with van der Waals surface area (Å²) in [6, 6.07) is 7.06. The summed E-state index contributed by atoms with van der Waals surface area (Å²) in [6.07, 6.45) is 0. The Kier molecular flexibility index (Phi) is 4.19. The Morgan fingerprint density at radius 1 is 1.14 bits per heavy atom. The van der Waals surface area contributed by atoms with E-state index in [1.54, 1.807) is 26.1 Å². The van der Waals surface area contributed by atoms with E-state index >= 15 is 0 Å². The smallest absolute Gasteiger partial charge is 0.263 e. The maximum Gasteiger partial charge on any atom is 0.263 e. The van der Waals surface area contributed by atoms with Crippen molar-refractivity contribution in [1.82, 2.24) is 4.57 Å². The molecule has 0 aliphatic carbocycles. The van der Waals surface area contributed by atoms with Crippen LogP contribution in [0.2, 0.25) is 5.02 Å². The van der Waals surface area contributed by atoms with Crippen molar-refractivity contribution in [1.29, 1.82) is 0 Å². The molecule has 0 unspecified atom stereocenters. The lowest BCUT2D eigenvalue weighted by molar-refractivity contribution is 0.102. The highest BCUT2D eigenvalue weighted by Crippen LogP contribution is 2.20. The third kappa shape index (κ3) is 3.00. The van der Waals surface area contributed by atoms with Crippen molar-refractivity contribution in [3.63, 3.8) is 0 Å². The predicted octanol–water partition coefficient (Wildman–Crippen LogP) is 3.22. The number of nitrogens with one attached hydrogen (secondary N) is 1. The van der Waals surface area contributed by atoms with E-state index in [1.807, 2.05) is 26.0 Å². The van der Waals surface area contributed by atoms with E-state index in [9.17, 15) is 9.59 Å². The third-order valence-corrected chi connectivity index (χ3v) is 3.93. The Bertz CT molecular complexity index is 779. The number of anilines is 1. The molecule has 0 aliphatic rings. The van der Waals surface area contributed by atoms with Gasteiger partial charge in [0.05, 0.1) is 0 Å². The van der Waals surface area contributed by atoms with Crippen molar-refractivity contribution >= 4 is 23.2 Å². The van der Waals surface area contributed by atoms with Crippen LogP contribution in [0.1, 0.15) is 27.2 Å². The molecule has 21 heavy (non-hydrogen) atoms. The lowest BCUT2D eigenvalue weighted by Gasteiger charge is -2.11. The zero-order valence-corrected chi connectivity index (χ0v) is 13.2. The van der Waals surface area contributed by atoms with Crippen LogP contribution in [0.25, 0.3) is 0 Å². The van der Waals surface area contributed by atoms with Crippen molar-refractivity contribution in [2.24, 2.45) is 7.05 Å². The first-order valence-electron chi connectivity index (χ1n) is 6.56. The number of hydrogen-bond acceptors (Lipinski definition) is 2. The van der Waals surface area contributed by atoms with Gasteiger partial charge in [-0.2, -0.15) is 0 Å². The highest BCUT2D eigenvalue weighted by Gasteiger charge is 2.16. The maximum atomic E-state index is 12.3. The van der Waals surface area contributed by atoms with Gasteiger partial charge in [-0.05, 0) is 50.1 Å². The largest absolute Gasteiger partial charge is 0.322 e. The van der Waals surface area contributed by atoms with E-state index in [0.717, 1.165) is 11.3 Å². The standard InChI is InChI=1S/C16H17ClN2O2/c1-9-5-6-12(8-13(9)17)18-15(20)14-10(2)7-11(3)19(4)16(14)21/h5-8H,1-4H3,(H,18,20). The summed E-state index contributed by atoms with van der Waals surface area (Å²) >= 11 is 6.03. The predicted molar refractivity (Wildman–Crippen MR) is 85.3 cm³/mol. The van der Waals surface area contributed by atoms with Crippen LogP contribution >= 0.6 is 11.6 Å². The zero-order chi connectivity index (χ0) is 15.7. The summed E-state index contributed by atoms with van der Waals surface area (Å²) in [5, 5.41) is 3.29. The minimum atomic E-state index is -0.423. The van der Waals surface area contributed by atoms with Gasteiger partial charge < -0.3 is 9.88 Å². The van der Waals surface area contributed by atoms with Crippen molar-refractivity contribution < 1.29 is 4.79 Å². The molecule has 1 aromatic carbocycles. The Balaban J connectivity index is 2.39. The van der Waals surface area contributed by atoms with Crippen molar-refractivity contribution in [3.8, 4) is 0 Å². The Hall–Kier alpha value is -2.07. The molecule has 0 bridgehead atoms. The van der Waals surface area contributed by atoms with E-state index < -0.39 is 5.91 Å². The second-order valence-electron chi connectivity index (χ2n) is 5.13. The fourth-order valence-corrected chi connectivity index (χ4v) is 2.30. The van der Waals surface area contributed by atoms with Gasteiger partial charge in [-0.25, -0.2) is 0 Å². The summed E-state index contributed by atoms with van der Waals surface area (Å²) in [5.74, 6) is -0.423. The minimum absolute atomic E-state index is 0.153. The number of rotatable bonds is 2. The number of halogens is 1. The molecule has 2 aromatic rings. The molecule has 0 radical (unpaired) electrons. The second kappa shape index (κ2) is 5.74. The van der Waals surface area contributed by atoms with Crippen molar-refractivity contribution in [2.75, 3.05) is 5.32 Å². The van der Waals surface area contributed by atoms with Gasteiger partial charge in [0, 0.05) is 23.5 Å². The van der Waals surface area contributed by atoms with Crippen LogP contribution in [-0.2, 0) is 7.05 Å². The van der Waals surface area contributed by atoms with Gasteiger partial charge in [0.1, 0.15) is 5.56 Å². The summed E-state index contributed by atoms with van der Waals surface area (Å²) in [5.41, 5.74) is 2.82. The number of carbonyl (C=O) groups excluding carboxylic acids is 1. The Morgan fingerprint density at radius 3 is 2.43 bits per heavy atom. The van der Waals surface area contributed by atoms with Crippen LogP contribution in [0.5, 0.6) is 0 Å². The van der Waals surface area contributed by atoms with Crippen molar-refractivity contribution in [3.05, 3.63) is 62.0 Å². The van der Waals surface area contributed by atoms with E-state index in [-0.39, 0.29) is 11.1 Å². The average Bonchev–Trinajstić information content (AvgIpc) is 2.40. The van der Waals surface area contributed by atoms with E-state index in [0.29, 0.717) is 16.3 Å². The van der Waals surface area contributed by atoms with Gasteiger partial charge in [-0.3, -0.25) is 9.59 Å². The quantitative estimate of drug-likeness (QED) is 0.926. The molecule has 1 N–H and O–H groups in total. The lowest BCUT2D eigenvalue weighted by Crippen LogP contribution is -2.30. The van der Waals surface area contributed by atoms with Crippen LogP contribution in [-0.4, -0.2) is 10.5 Å². The van der Waals surface area contributed by atoms with Gasteiger partial charge in [-0.1, -0.05) is 17.7 Å². The minimum Gasteiger partial charge on any atom is -0.322 e. The summed E-state index contributed by atoms with van der Waals surface area (Å²) in [7, 11) is 1.65. The van der Waals surface area contributed by atoms with E-state index in [1.165, 1.54) is 4.57 Å². The first-order chi connectivity index (χ1) is 9.81. The van der Waals surface area contributed by atoms with Crippen LogP contribution in [0, 0.1) is 20.8 Å². The normalized spacial score (nSPS) is 10.5. The molecule has 1 amide bonds. The number of benzene rings is 1. The van der Waals surface area contributed by atoms with E-state index in [2.05, 4.69) is 5.32 Å². The molecular formula is C16H17ClN2O2. The fraction of sp³-hybridized carbons (Fsp3) is 0.250. The third-order valence-electron chi connectivity index (χ3n) is 3.52. The second-order valence-corrected chi connectivity index (χ2v) is 5.53. The zero-order valence-electron chi connectivity index (χ0n) is 12.5. The van der Waals surface area contributed by atoms with E-state index in [4.69, 9.17) is 11.6 Å². The van der Waals surface area contributed by atoms with Gasteiger partial charge in [-0.15, -0.1) is 0 Å². The molecule has 0 aliphatic heterocycles. The van der Waals surface area contributed by atoms with Crippen LogP contribution in [0.3, 0.4) is 0 Å². The maximum absolute atomic E-state index is 12.3. The lowest BCUT2D eigenvalue weighted by atomic mass is 10.1. The molecule has 1 aromatic heterocycles. The van der Waals surface area contributed by atoms with Crippen LogP contribution < -0.4 is 10.9 Å². The first-order valence-corrected chi connectivity index (χ1v) is 6.94. The number of aromatic nitrogens is 1. The molecule has 0 saturated heterocycles. The SMILES string of the molecule is Cc1ccc(NC(=O)c2c(C)cc(C)n(C)c2=O)cc1Cl. The monoisotopic (exact) mass is 304 g/mol. The van der Waals surface area contributed by atoms with Gasteiger partial charge in [0.15, 0.2) is 0 Å². The molecule has 110 valence electrons. The number of amides is 1. The molecule has 2 rings (SSSR count). The number of pyridine rings is 1. The average molecular weight is 305 g/mol. The number of nitrogens with zero attached hydrogens (tertiary/aromatic N) is 1. The van der Waals surface area contributed by atoms with Crippen molar-refractivity contribution in [2.45, 2.75) is 20.8 Å². The molecular weight excluding hydrogens is 288 g/mol. The summed E-state index contributed by atoms with van der Waals surface area (Å²) < 4.78 is 1.46. The van der Waals surface area contributed by atoms with Gasteiger partial charge >= 0.3 is 0 Å². The first kappa shape index (κ1) is 15.3. The highest BCUT2D eigenvalue weighted by atomic mass is 35.5. The molecule has 0 spiro atoms. The number of aryl methyl sites for hydroxylation is 3. The van der Waals surface area contributed by atoms with Gasteiger partial charge in [0.2, 0.25) is 0 Å². The molecule has 0 atom stereocenters. The molecule has 0 fully saturated rings. The van der Waals surface area contributed by atoms with Crippen LogP contribution in [0.15, 0.2) is 29.1 Å². The Morgan fingerprint density at radius 2 is 1.81 bits per heavy atom. The molecule has 5 heteroatoms. The fourth-order valence-electron chi connectivity index (χ4n) is 2.12. The highest BCUT2D eigenvalue weighted by molar-refractivity contribution is 6.31. The topological polar surface area (TPSA) is 51.1 Å². The number of carbonyl (C=O) groups is 1. The van der Waals surface area contributed by atoms with Crippen LogP contribution in [0.4, 0.5) is 5.69 Å². The Labute approximate surface area is 128 Å². The molecule has 0 saturated carbocycles. The number of hydrogen-bond donors (Lipinski definition) is 1. The summed E-state index contributed by atoms with van der Waals surface area (Å²) in [6.45, 7) is 5.47. The van der Waals surface area contributed by atoms with Gasteiger partial charge in [0.25, 0.3) is 11.5 Å². The summed E-state index contributed by atoms with van der Waals surface area (Å²) in [4.78, 5) is 24.6. The molecule has 1 heterocycles. The molecule has 4 nitrogen and oxygen atoms in total.